The topological polar surface area (TPSA) is 29.1 Å². The molecule has 0 aromatic rings. The molecule has 2 nitrogen and oxygen atoms in total. The lowest BCUT2D eigenvalue weighted by molar-refractivity contribution is -0.117. The minimum Gasteiger partial charge on any atom is -0.346 e. The normalized spacial score (nSPS) is 25.3. The van der Waals surface area contributed by atoms with Gasteiger partial charge in [0.2, 0.25) is 0 Å². The molecule has 0 aliphatic heterocycles. The van der Waals surface area contributed by atoms with E-state index < -0.39 is 35.3 Å². The fraction of sp³-hybridized carbons (Fsp3) is 0.300. The Kier molecular flexibility index (Phi) is 3.34. The van der Waals surface area contributed by atoms with E-state index in [2.05, 4.69) is 18.5 Å². The minimum absolute atomic E-state index is 0.174. The molecule has 1 rings (SSSR count). The molecule has 0 aromatic heterocycles. The van der Waals surface area contributed by atoms with Crippen LogP contribution in [0.25, 0.3) is 0 Å². The van der Waals surface area contributed by atoms with Gasteiger partial charge in [-0.25, -0.2) is 13.2 Å². The number of nitrogens with one attached hydrogen (secondary N) is 1. The first-order valence-corrected chi connectivity index (χ1v) is 4.29. The first kappa shape index (κ1) is 11.6. The van der Waals surface area contributed by atoms with Gasteiger partial charge < -0.3 is 5.32 Å². The Morgan fingerprint density at radius 2 is 2.00 bits per heavy atom. The first-order valence-electron chi connectivity index (χ1n) is 4.29. The Balaban J connectivity index is 2.77. The SMILES string of the molecule is C=C/C(F)=C(\C(=C)F)C(=O)NC1CC1F. The Bertz CT molecular complexity index is 349. The van der Waals surface area contributed by atoms with Gasteiger partial charge in [-0.3, -0.25) is 4.79 Å². The van der Waals surface area contributed by atoms with Crippen LogP contribution in [-0.4, -0.2) is 18.1 Å². The number of carbonyl (C=O) groups excluding carboxylic acids is 1. The summed E-state index contributed by atoms with van der Waals surface area (Å²) in [7, 11) is 0. The van der Waals surface area contributed by atoms with Gasteiger partial charge in [-0.05, 0) is 6.08 Å². The summed E-state index contributed by atoms with van der Waals surface area (Å²) < 4.78 is 38.1. The molecule has 1 saturated carbocycles. The van der Waals surface area contributed by atoms with E-state index in [0.29, 0.717) is 6.08 Å². The van der Waals surface area contributed by atoms with E-state index in [1.165, 1.54) is 0 Å². The summed E-state index contributed by atoms with van der Waals surface area (Å²) in [6.07, 6.45) is -0.262. The third kappa shape index (κ3) is 2.71. The zero-order valence-corrected chi connectivity index (χ0v) is 7.90. The van der Waals surface area contributed by atoms with Crippen LogP contribution in [0.1, 0.15) is 6.42 Å². The third-order valence-corrected chi connectivity index (χ3v) is 1.95. The van der Waals surface area contributed by atoms with Gasteiger partial charge in [-0.15, -0.1) is 0 Å². The van der Waals surface area contributed by atoms with Gasteiger partial charge >= 0.3 is 0 Å². The van der Waals surface area contributed by atoms with Gasteiger partial charge in [-0.1, -0.05) is 13.2 Å². The van der Waals surface area contributed by atoms with E-state index in [9.17, 15) is 18.0 Å². The van der Waals surface area contributed by atoms with E-state index >= 15 is 0 Å². The highest BCUT2D eigenvalue weighted by atomic mass is 19.1. The summed E-state index contributed by atoms with van der Waals surface area (Å²) >= 11 is 0. The largest absolute Gasteiger partial charge is 0.346 e. The zero-order valence-electron chi connectivity index (χ0n) is 7.90. The summed E-state index contributed by atoms with van der Waals surface area (Å²) in [5, 5.41) is 2.14. The van der Waals surface area contributed by atoms with Crippen molar-refractivity contribution in [3.8, 4) is 0 Å². The van der Waals surface area contributed by atoms with Crippen LogP contribution in [0.2, 0.25) is 0 Å². The van der Waals surface area contributed by atoms with Crippen LogP contribution in [0, 0.1) is 0 Å². The van der Waals surface area contributed by atoms with Gasteiger partial charge in [0.1, 0.15) is 23.4 Å². The van der Waals surface area contributed by atoms with Crippen LogP contribution < -0.4 is 5.32 Å². The predicted octanol–water partition coefficient (Wildman–Crippen LogP) is 2.11. The van der Waals surface area contributed by atoms with E-state index in [-0.39, 0.29) is 6.42 Å². The van der Waals surface area contributed by atoms with Crippen LogP contribution in [-0.2, 0) is 4.79 Å². The molecule has 5 heteroatoms. The number of halogens is 3. The maximum atomic E-state index is 13.0. The number of hydrogen-bond donors (Lipinski definition) is 1. The lowest BCUT2D eigenvalue weighted by Crippen LogP contribution is -2.29. The fourth-order valence-electron chi connectivity index (χ4n) is 1.02. The molecule has 0 spiro atoms. The number of amides is 1. The van der Waals surface area contributed by atoms with Crippen molar-refractivity contribution in [1.82, 2.24) is 5.32 Å². The average molecular weight is 217 g/mol. The highest BCUT2D eigenvalue weighted by molar-refractivity contribution is 5.98. The van der Waals surface area contributed by atoms with Crippen molar-refractivity contribution in [3.05, 3.63) is 36.5 Å². The summed E-state index contributed by atoms with van der Waals surface area (Å²) in [6, 6.07) is -0.649. The van der Waals surface area contributed by atoms with Gasteiger partial charge in [0.25, 0.3) is 5.91 Å². The molecule has 0 aromatic carbocycles. The Morgan fingerprint density at radius 3 is 2.33 bits per heavy atom. The van der Waals surface area contributed by atoms with Gasteiger partial charge in [0, 0.05) is 6.42 Å². The second-order valence-electron chi connectivity index (χ2n) is 3.16. The van der Waals surface area contributed by atoms with Gasteiger partial charge in [-0.2, -0.15) is 0 Å². The fourth-order valence-corrected chi connectivity index (χ4v) is 1.02. The Morgan fingerprint density at radius 1 is 1.47 bits per heavy atom. The molecule has 1 aliphatic carbocycles. The molecule has 82 valence electrons. The molecular formula is C10H10F3NO. The molecule has 1 amide bonds. The molecule has 2 atom stereocenters. The molecule has 1 fully saturated rings. The summed E-state index contributed by atoms with van der Waals surface area (Å²) in [6.45, 7) is 5.89. The van der Waals surface area contributed by atoms with Crippen LogP contribution in [0.4, 0.5) is 13.2 Å². The quantitative estimate of drug-likeness (QED) is 0.567. The summed E-state index contributed by atoms with van der Waals surface area (Å²) in [5.74, 6) is -3.33. The first-order chi connectivity index (χ1) is 6.97. The van der Waals surface area contributed by atoms with Gasteiger partial charge in [0.15, 0.2) is 0 Å². The standard InChI is InChI=1S/C10H10F3NO/c1-3-6(12)9(5(2)11)10(15)14-8-4-7(8)13/h3,7-8H,1-2,4H2,(H,14,15)/b9-6-. The number of allylic oxidation sites excluding steroid dienone is 2. The summed E-state index contributed by atoms with van der Waals surface area (Å²) in [5.41, 5.74) is -0.830. The van der Waals surface area contributed by atoms with Gasteiger partial charge in [0.05, 0.1) is 6.04 Å². The number of hydrogen-bond acceptors (Lipinski definition) is 1. The average Bonchev–Trinajstić information content (AvgIpc) is 2.80. The molecule has 1 N–H and O–H groups in total. The van der Waals surface area contributed by atoms with Crippen molar-refractivity contribution in [2.75, 3.05) is 0 Å². The molecule has 0 bridgehead atoms. The van der Waals surface area contributed by atoms with Crippen LogP contribution in [0.5, 0.6) is 0 Å². The Labute approximate surface area is 85.2 Å². The monoisotopic (exact) mass is 217 g/mol. The maximum Gasteiger partial charge on any atom is 0.257 e. The highest BCUT2D eigenvalue weighted by Gasteiger charge is 2.39. The van der Waals surface area contributed by atoms with Crippen molar-refractivity contribution in [3.63, 3.8) is 0 Å². The van der Waals surface area contributed by atoms with Crippen molar-refractivity contribution in [2.24, 2.45) is 0 Å². The van der Waals surface area contributed by atoms with Crippen molar-refractivity contribution >= 4 is 5.91 Å². The number of carbonyl (C=O) groups is 1. The molecule has 0 radical (unpaired) electrons. The molecule has 15 heavy (non-hydrogen) atoms. The van der Waals surface area contributed by atoms with Crippen LogP contribution in [0.3, 0.4) is 0 Å². The van der Waals surface area contributed by atoms with E-state index in [0.717, 1.165) is 0 Å². The van der Waals surface area contributed by atoms with Crippen LogP contribution >= 0.6 is 0 Å². The Hall–Kier alpha value is -1.52. The van der Waals surface area contributed by atoms with Crippen molar-refractivity contribution < 1.29 is 18.0 Å². The smallest absolute Gasteiger partial charge is 0.257 e. The lowest BCUT2D eigenvalue weighted by atomic mass is 10.2. The predicted molar refractivity (Wildman–Crippen MR) is 50.0 cm³/mol. The molecular weight excluding hydrogens is 207 g/mol. The van der Waals surface area contributed by atoms with Crippen molar-refractivity contribution in [1.29, 1.82) is 0 Å². The number of alkyl halides is 1. The number of rotatable bonds is 4. The van der Waals surface area contributed by atoms with Crippen molar-refractivity contribution in [2.45, 2.75) is 18.6 Å². The molecule has 0 saturated heterocycles. The molecule has 0 heterocycles. The second kappa shape index (κ2) is 4.33. The second-order valence-corrected chi connectivity index (χ2v) is 3.16. The molecule has 1 aliphatic rings. The minimum atomic E-state index is -1.21. The summed E-state index contributed by atoms with van der Waals surface area (Å²) in [4.78, 5) is 11.3. The van der Waals surface area contributed by atoms with E-state index in [1.807, 2.05) is 0 Å². The van der Waals surface area contributed by atoms with E-state index in [4.69, 9.17) is 0 Å². The third-order valence-electron chi connectivity index (χ3n) is 1.95. The van der Waals surface area contributed by atoms with Crippen LogP contribution in [0.15, 0.2) is 36.5 Å². The highest BCUT2D eigenvalue weighted by Crippen LogP contribution is 2.26. The lowest BCUT2D eigenvalue weighted by Gasteiger charge is -2.05. The molecule has 2 unspecified atom stereocenters. The van der Waals surface area contributed by atoms with E-state index in [1.54, 1.807) is 0 Å². The maximum absolute atomic E-state index is 13.0. The zero-order chi connectivity index (χ0) is 11.6.